The Labute approximate surface area is 165 Å². The number of rotatable bonds is 18. The average molecular weight is 390 g/mol. The summed E-state index contributed by atoms with van der Waals surface area (Å²) in [5, 5.41) is 40.9. The van der Waals surface area contributed by atoms with Gasteiger partial charge in [0, 0.05) is 0 Å². The van der Waals surface area contributed by atoms with E-state index >= 15 is 0 Å². The van der Waals surface area contributed by atoms with E-state index in [1.165, 1.54) is 64.7 Å². The van der Waals surface area contributed by atoms with Crippen molar-refractivity contribution in [3.05, 3.63) is 0 Å². The first-order valence-electron chi connectivity index (χ1n) is 10.9. The normalized spacial score (nSPS) is 15.9. The van der Waals surface area contributed by atoms with E-state index in [-0.39, 0.29) is 0 Å². The molecule has 6 heteroatoms. The summed E-state index contributed by atoms with van der Waals surface area (Å²) in [5.41, 5.74) is 0. The molecule has 0 saturated heterocycles. The molecular weight excluding hydrogens is 346 g/mol. The Morgan fingerprint density at radius 1 is 0.815 bits per heavy atom. The molecule has 1 unspecified atom stereocenters. The minimum absolute atomic E-state index is 0.430. The van der Waals surface area contributed by atoms with Gasteiger partial charge in [0.1, 0.15) is 12.2 Å². The van der Waals surface area contributed by atoms with Crippen LogP contribution >= 0.6 is 0 Å². The van der Waals surface area contributed by atoms with Gasteiger partial charge in [0.05, 0.1) is 18.8 Å². The first-order chi connectivity index (χ1) is 12.9. The molecule has 0 radical (unpaired) electrons. The van der Waals surface area contributed by atoms with Gasteiger partial charge in [-0.25, -0.2) is 0 Å². The number of hydrogen-bond donors (Lipinski definition) is 5. The lowest BCUT2D eigenvalue weighted by atomic mass is 9.99. The molecule has 162 valence electrons. The minimum Gasteiger partial charge on any atom is -0.394 e. The molecule has 5 N–H and O–H groups in total. The van der Waals surface area contributed by atoms with Crippen LogP contribution in [0.3, 0.4) is 0 Å². The molecule has 27 heavy (non-hydrogen) atoms. The Hall–Kier alpha value is -0.690. The van der Waals surface area contributed by atoms with Crippen LogP contribution in [0.4, 0.5) is 0 Å². The molecule has 0 aliphatic heterocycles. The van der Waals surface area contributed by atoms with Gasteiger partial charge in [-0.1, -0.05) is 84.0 Å². The molecule has 0 aliphatic carbocycles. The van der Waals surface area contributed by atoms with E-state index in [9.17, 15) is 25.2 Å². The van der Waals surface area contributed by atoms with E-state index in [1.807, 2.05) is 0 Å². The molecule has 0 aromatic rings. The molecule has 0 bridgehead atoms. The summed E-state index contributed by atoms with van der Waals surface area (Å²) in [6, 6.07) is -0.973. The maximum atomic E-state index is 11.4. The average Bonchev–Trinajstić information content (AvgIpc) is 2.65. The number of unbranched alkanes of at least 4 members (excludes halogenated alkanes) is 11. The zero-order chi connectivity index (χ0) is 20.5. The van der Waals surface area contributed by atoms with Crippen LogP contribution in [0.2, 0.25) is 0 Å². The van der Waals surface area contributed by atoms with Crippen LogP contribution in [0.5, 0.6) is 0 Å². The van der Waals surface area contributed by atoms with E-state index in [0.29, 0.717) is 6.42 Å². The number of aliphatic hydroxyl groups excluding tert-OH is 4. The third-order valence-corrected chi connectivity index (χ3v) is 5.06. The summed E-state index contributed by atoms with van der Waals surface area (Å²) in [4.78, 5) is 11.4. The van der Waals surface area contributed by atoms with E-state index in [4.69, 9.17) is 0 Å². The van der Waals surface area contributed by atoms with E-state index in [0.717, 1.165) is 19.3 Å². The Bertz CT molecular complexity index is 351. The van der Waals surface area contributed by atoms with Crippen molar-refractivity contribution in [2.24, 2.45) is 0 Å². The highest BCUT2D eigenvalue weighted by atomic mass is 16.3. The third kappa shape index (κ3) is 14.0. The van der Waals surface area contributed by atoms with Gasteiger partial charge in [-0.05, 0) is 13.3 Å². The number of carbonyl (C=O) groups excluding carboxylic acids is 1. The van der Waals surface area contributed by atoms with E-state index < -0.39 is 36.9 Å². The van der Waals surface area contributed by atoms with E-state index in [2.05, 4.69) is 12.2 Å². The fourth-order valence-electron chi connectivity index (χ4n) is 3.18. The highest BCUT2D eigenvalue weighted by molar-refractivity contribution is 5.80. The first kappa shape index (κ1) is 26.3. The Morgan fingerprint density at radius 3 is 1.67 bits per heavy atom. The van der Waals surface area contributed by atoms with E-state index in [1.54, 1.807) is 0 Å². The second-order valence-corrected chi connectivity index (χ2v) is 7.71. The molecule has 6 nitrogen and oxygen atoms in total. The van der Waals surface area contributed by atoms with Gasteiger partial charge in [0.2, 0.25) is 5.91 Å². The lowest BCUT2D eigenvalue weighted by Gasteiger charge is -2.26. The largest absolute Gasteiger partial charge is 0.394 e. The predicted molar refractivity (Wildman–Crippen MR) is 108 cm³/mol. The fraction of sp³-hybridized carbons (Fsp3) is 0.952. The molecular formula is C21H43NO5. The maximum Gasteiger partial charge on any atom is 0.248 e. The monoisotopic (exact) mass is 389 g/mol. The SMILES string of the molecule is CCCCCCCCCCCCCC[C@@H](O)[C@@H](O)[C@@H](CO)NC(=O)C(C)O. The van der Waals surface area contributed by atoms with Gasteiger partial charge in [-0.15, -0.1) is 0 Å². The molecule has 0 spiro atoms. The summed E-state index contributed by atoms with van der Waals surface area (Å²) in [6.45, 7) is 3.05. The number of hydrogen-bond acceptors (Lipinski definition) is 5. The smallest absolute Gasteiger partial charge is 0.248 e. The fourth-order valence-corrected chi connectivity index (χ4v) is 3.18. The number of carbonyl (C=O) groups is 1. The van der Waals surface area contributed by atoms with Crippen molar-refractivity contribution < 1.29 is 25.2 Å². The highest BCUT2D eigenvalue weighted by Crippen LogP contribution is 2.14. The molecule has 4 atom stereocenters. The van der Waals surface area contributed by atoms with Crippen molar-refractivity contribution in [1.29, 1.82) is 0 Å². The van der Waals surface area contributed by atoms with Crippen molar-refractivity contribution in [2.45, 2.75) is 122 Å². The van der Waals surface area contributed by atoms with Crippen LogP contribution in [0, 0.1) is 0 Å². The molecule has 1 amide bonds. The molecule has 0 aromatic carbocycles. The molecule has 0 aromatic heterocycles. The molecule has 0 saturated carbocycles. The Morgan fingerprint density at radius 2 is 1.26 bits per heavy atom. The third-order valence-electron chi connectivity index (χ3n) is 5.06. The summed E-state index contributed by atoms with van der Waals surface area (Å²) in [7, 11) is 0. The Balaban J connectivity index is 3.68. The first-order valence-corrected chi connectivity index (χ1v) is 10.9. The van der Waals surface area contributed by atoms with Crippen LogP contribution in [-0.2, 0) is 4.79 Å². The van der Waals surface area contributed by atoms with Crippen LogP contribution in [-0.4, -0.2) is 57.3 Å². The molecule has 0 fully saturated rings. The molecule has 0 aliphatic rings. The minimum atomic E-state index is -1.24. The predicted octanol–water partition coefficient (Wildman–Crippen LogP) is 2.66. The van der Waals surface area contributed by atoms with Gasteiger partial charge in [0.15, 0.2) is 0 Å². The number of nitrogens with one attached hydrogen (secondary N) is 1. The summed E-state index contributed by atoms with van der Waals surface area (Å²) in [5.74, 6) is -0.675. The maximum absolute atomic E-state index is 11.4. The number of amides is 1. The van der Waals surface area contributed by atoms with Crippen LogP contribution in [0.25, 0.3) is 0 Å². The van der Waals surface area contributed by atoms with Gasteiger partial charge < -0.3 is 25.7 Å². The lowest BCUT2D eigenvalue weighted by molar-refractivity contribution is -0.131. The zero-order valence-electron chi connectivity index (χ0n) is 17.4. The molecule has 0 rings (SSSR count). The van der Waals surface area contributed by atoms with Gasteiger partial charge >= 0.3 is 0 Å². The lowest BCUT2D eigenvalue weighted by Crippen LogP contribution is -2.52. The summed E-state index contributed by atoms with van der Waals surface area (Å²) < 4.78 is 0. The second-order valence-electron chi connectivity index (χ2n) is 7.71. The molecule has 0 heterocycles. The van der Waals surface area contributed by atoms with Crippen molar-refractivity contribution >= 4 is 5.91 Å². The van der Waals surface area contributed by atoms with Crippen molar-refractivity contribution in [3.8, 4) is 0 Å². The Kier molecular flexibility index (Phi) is 17.0. The second kappa shape index (κ2) is 17.4. The van der Waals surface area contributed by atoms with Crippen LogP contribution in [0.15, 0.2) is 0 Å². The quantitative estimate of drug-likeness (QED) is 0.232. The number of aliphatic hydroxyl groups is 4. The summed E-state index contributed by atoms with van der Waals surface area (Å²) in [6.07, 6.45) is 11.7. The van der Waals surface area contributed by atoms with Gasteiger partial charge in [-0.3, -0.25) is 4.79 Å². The topological polar surface area (TPSA) is 110 Å². The van der Waals surface area contributed by atoms with Gasteiger partial charge in [0.25, 0.3) is 0 Å². The van der Waals surface area contributed by atoms with Crippen LogP contribution < -0.4 is 5.32 Å². The van der Waals surface area contributed by atoms with Crippen molar-refractivity contribution in [3.63, 3.8) is 0 Å². The van der Waals surface area contributed by atoms with Gasteiger partial charge in [-0.2, -0.15) is 0 Å². The van der Waals surface area contributed by atoms with Crippen molar-refractivity contribution in [1.82, 2.24) is 5.32 Å². The zero-order valence-corrected chi connectivity index (χ0v) is 17.4. The van der Waals surface area contributed by atoms with Crippen molar-refractivity contribution in [2.75, 3.05) is 6.61 Å². The highest BCUT2D eigenvalue weighted by Gasteiger charge is 2.27. The standard InChI is InChI=1S/C21H43NO5/c1-3-4-5-6-7-8-9-10-11-12-13-14-15-19(25)20(26)18(16-23)22-21(27)17(2)24/h17-20,23-26H,3-16H2,1-2H3,(H,22,27)/t17?,18-,19-,20+/m1/s1. The summed E-state index contributed by atoms with van der Waals surface area (Å²) >= 11 is 0. The van der Waals surface area contributed by atoms with Crippen LogP contribution in [0.1, 0.15) is 97.3 Å².